The summed E-state index contributed by atoms with van der Waals surface area (Å²) in [5, 5.41) is 2.59. The zero-order valence-corrected chi connectivity index (χ0v) is 11.8. The van der Waals surface area contributed by atoms with Crippen molar-refractivity contribution < 1.29 is 14.3 Å². The van der Waals surface area contributed by atoms with E-state index in [-0.39, 0.29) is 12.4 Å². The lowest BCUT2D eigenvalue weighted by Crippen LogP contribution is -2.40. The van der Waals surface area contributed by atoms with E-state index in [0.29, 0.717) is 13.0 Å². The Labute approximate surface area is 119 Å². The maximum absolute atomic E-state index is 11.7. The van der Waals surface area contributed by atoms with E-state index in [0.717, 1.165) is 18.4 Å². The highest BCUT2D eigenvalue weighted by molar-refractivity contribution is 5.85. The predicted molar refractivity (Wildman–Crippen MR) is 77.1 cm³/mol. The summed E-state index contributed by atoms with van der Waals surface area (Å²) in [6.07, 6.45) is 1.67. The topological polar surface area (TPSA) is 81.4 Å². The number of carbonyl (C=O) groups excluding carboxylic acids is 2. The van der Waals surface area contributed by atoms with Gasteiger partial charge in [0.15, 0.2) is 5.78 Å². The summed E-state index contributed by atoms with van der Waals surface area (Å²) in [5.41, 5.74) is 6.31. The standard InChI is InChI=1S/C15H22N2O3/c1-12(18)14(9-5-6-10-16)17-15(19)20-11-13-7-3-2-4-8-13/h2-4,7-8,14H,5-6,9-11,16H2,1H3,(H,17,19)/t14-/m0/s1. The molecular weight excluding hydrogens is 256 g/mol. The van der Waals surface area contributed by atoms with Gasteiger partial charge in [0, 0.05) is 0 Å². The van der Waals surface area contributed by atoms with Gasteiger partial charge in [-0.25, -0.2) is 4.79 Å². The monoisotopic (exact) mass is 278 g/mol. The molecule has 0 aliphatic heterocycles. The van der Waals surface area contributed by atoms with Gasteiger partial charge in [-0.2, -0.15) is 0 Å². The van der Waals surface area contributed by atoms with Gasteiger partial charge in [0.1, 0.15) is 6.61 Å². The van der Waals surface area contributed by atoms with Crippen LogP contribution >= 0.6 is 0 Å². The van der Waals surface area contributed by atoms with E-state index < -0.39 is 12.1 Å². The fourth-order valence-corrected chi connectivity index (χ4v) is 1.78. The van der Waals surface area contributed by atoms with E-state index in [1.807, 2.05) is 30.3 Å². The molecular formula is C15H22N2O3. The Kier molecular flexibility index (Phi) is 7.35. The summed E-state index contributed by atoms with van der Waals surface area (Å²) >= 11 is 0. The van der Waals surface area contributed by atoms with Gasteiger partial charge < -0.3 is 15.8 Å². The number of rotatable bonds is 8. The summed E-state index contributed by atoms with van der Waals surface area (Å²) in [6, 6.07) is 8.90. The van der Waals surface area contributed by atoms with Crippen molar-refractivity contribution in [3.63, 3.8) is 0 Å². The molecule has 0 saturated heterocycles. The number of hydrogen-bond acceptors (Lipinski definition) is 4. The molecule has 1 aromatic rings. The fraction of sp³-hybridized carbons (Fsp3) is 0.467. The lowest BCUT2D eigenvalue weighted by atomic mass is 10.1. The minimum absolute atomic E-state index is 0.0707. The third kappa shape index (κ3) is 6.33. The van der Waals surface area contributed by atoms with Crippen molar-refractivity contribution in [2.45, 2.75) is 38.8 Å². The molecule has 110 valence electrons. The van der Waals surface area contributed by atoms with Crippen LogP contribution in [0.1, 0.15) is 31.7 Å². The molecule has 0 heterocycles. The number of benzene rings is 1. The Morgan fingerprint density at radius 2 is 1.95 bits per heavy atom. The van der Waals surface area contributed by atoms with Gasteiger partial charge in [-0.1, -0.05) is 30.3 Å². The molecule has 0 aromatic heterocycles. The van der Waals surface area contributed by atoms with Crippen LogP contribution in [0.15, 0.2) is 30.3 Å². The Bertz CT molecular complexity index is 420. The molecule has 20 heavy (non-hydrogen) atoms. The molecule has 1 atom stereocenters. The van der Waals surface area contributed by atoms with Gasteiger partial charge in [0.25, 0.3) is 0 Å². The average molecular weight is 278 g/mol. The number of ether oxygens (including phenoxy) is 1. The summed E-state index contributed by atoms with van der Waals surface area (Å²) in [5.74, 6) is -0.0707. The lowest BCUT2D eigenvalue weighted by Gasteiger charge is -2.15. The first-order valence-corrected chi connectivity index (χ1v) is 6.81. The molecule has 0 aliphatic rings. The van der Waals surface area contributed by atoms with Crippen molar-refractivity contribution in [2.75, 3.05) is 6.54 Å². The molecule has 5 heteroatoms. The highest BCUT2D eigenvalue weighted by Gasteiger charge is 2.17. The first-order chi connectivity index (χ1) is 9.63. The lowest BCUT2D eigenvalue weighted by molar-refractivity contribution is -0.119. The summed E-state index contributed by atoms with van der Waals surface area (Å²) in [7, 11) is 0. The van der Waals surface area contributed by atoms with Crippen LogP contribution in [0.2, 0.25) is 0 Å². The van der Waals surface area contributed by atoms with Crippen molar-refractivity contribution in [1.82, 2.24) is 5.32 Å². The first-order valence-electron chi connectivity index (χ1n) is 6.81. The number of hydrogen-bond donors (Lipinski definition) is 2. The van der Waals surface area contributed by atoms with Gasteiger partial charge in [0.05, 0.1) is 6.04 Å². The third-order valence-electron chi connectivity index (χ3n) is 2.94. The number of alkyl carbamates (subject to hydrolysis) is 1. The van der Waals surface area contributed by atoms with Crippen molar-refractivity contribution in [1.29, 1.82) is 0 Å². The number of amides is 1. The second-order valence-corrected chi connectivity index (χ2v) is 4.65. The maximum atomic E-state index is 11.7. The second kappa shape index (κ2) is 9.09. The number of carbonyl (C=O) groups is 2. The highest BCUT2D eigenvalue weighted by Crippen LogP contribution is 2.04. The van der Waals surface area contributed by atoms with Crippen LogP contribution in [0.5, 0.6) is 0 Å². The first kappa shape index (κ1) is 16.2. The SMILES string of the molecule is CC(=O)[C@H](CCCCN)NC(=O)OCc1ccccc1. The van der Waals surface area contributed by atoms with Gasteiger partial charge in [-0.3, -0.25) is 4.79 Å². The van der Waals surface area contributed by atoms with Crippen LogP contribution in [0.4, 0.5) is 4.79 Å². The van der Waals surface area contributed by atoms with Crippen LogP contribution in [0.3, 0.4) is 0 Å². The molecule has 0 fully saturated rings. The minimum Gasteiger partial charge on any atom is -0.445 e. The molecule has 3 N–H and O–H groups in total. The predicted octanol–water partition coefficient (Wildman–Crippen LogP) is 2.00. The van der Waals surface area contributed by atoms with Crippen LogP contribution in [0.25, 0.3) is 0 Å². The van der Waals surface area contributed by atoms with Gasteiger partial charge >= 0.3 is 6.09 Å². The number of Topliss-reactive ketones (excluding diaryl/α,β-unsaturated/α-hetero) is 1. The molecule has 0 unspecified atom stereocenters. The molecule has 0 radical (unpaired) electrons. The zero-order valence-electron chi connectivity index (χ0n) is 11.8. The van der Waals surface area contributed by atoms with Crippen LogP contribution in [0, 0.1) is 0 Å². The highest BCUT2D eigenvalue weighted by atomic mass is 16.5. The Balaban J connectivity index is 2.36. The van der Waals surface area contributed by atoms with Crippen LogP contribution in [-0.4, -0.2) is 24.5 Å². The molecule has 0 saturated carbocycles. The van der Waals surface area contributed by atoms with Gasteiger partial charge in [-0.15, -0.1) is 0 Å². The number of nitrogens with two attached hydrogens (primary N) is 1. The molecule has 0 spiro atoms. The summed E-state index contributed by atoms with van der Waals surface area (Å²) in [4.78, 5) is 23.1. The minimum atomic E-state index is -0.568. The Morgan fingerprint density at radius 1 is 1.25 bits per heavy atom. The Morgan fingerprint density at radius 3 is 2.55 bits per heavy atom. The van der Waals surface area contributed by atoms with Crippen molar-refractivity contribution in [3.05, 3.63) is 35.9 Å². The van der Waals surface area contributed by atoms with Crippen molar-refractivity contribution >= 4 is 11.9 Å². The summed E-state index contributed by atoms with van der Waals surface area (Å²) in [6.45, 7) is 2.24. The van der Waals surface area contributed by atoms with E-state index in [1.54, 1.807) is 0 Å². The Hall–Kier alpha value is -1.88. The number of unbranched alkanes of at least 4 members (excludes halogenated alkanes) is 1. The molecule has 0 aliphatic carbocycles. The van der Waals surface area contributed by atoms with E-state index in [9.17, 15) is 9.59 Å². The second-order valence-electron chi connectivity index (χ2n) is 4.65. The quantitative estimate of drug-likeness (QED) is 0.713. The normalized spacial score (nSPS) is 11.7. The molecule has 0 bridgehead atoms. The van der Waals surface area contributed by atoms with E-state index in [4.69, 9.17) is 10.5 Å². The number of nitrogens with one attached hydrogen (secondary N) is 1. The molecule has 1 aromatic carbocycles. The smallest absolute Gasteiger partial charge is 0.408 e. The van der Waals surface area contributed by atoms with Gasteiger partial charge in [-0.05, 0) is 38.3 Å². The van der Waals surface area contributed by atoms with Gasteiger partial charge in [0.2, 0.25) is 0 Å². The summed E-state index contributed by atoms with van der Waals surface area (Å²) < 4.78 is 5.09. The zero-order chi connectivity index (χ0) is 14.8. The van der Waals surface area contributed by atoms with E-state index >= 15 is 0 Å². The largest absolute Gasteiger partial charge is 0.445 e. The van der Waals surface area contributed by atoms with E-state index in [1.165, 1.54) is 6.92 Å². The van der Waals surface area contributed by atoms with Crippen LogP contribution in [-0.2, 0) is 16.1 Å². The third-order valence-corrected chi connectivity index (χ3v) is 2.94. The fourth-order valence-electron chi connectivity index (χ4n) is 1.78. The average Bonchev–Trinajstić information content (AvgIpc) is 2.45. The molecule has 1 rings (SSSR count). The van der Waals surface area contributed by atoms with Crippen molar-refractivity contribution in [2.24, 2.45) is 5.73 Å². The molecule has 5 nitrogen and oxygen atoms in total. The van der Waals surface area contributed by atoms with Crippen molar-refractivity contribution in [3.8, 4) is 0 Å². The number of ketones is 1. The maximum Gasteiger partial charge on any atom is 0.408 e. The molecule has 1 amide bonds. The van der Waals surface area contributed by atoms with E-state index in [2.05, 4.69) is 5.32 Å². The van der Waals surface area contributed by atoms with Crippen LogP contribution < -0.4 is 11.1 Å².